The van der Waals surface area contributed by atoms with Crippen LogP contribution in [0.5, 0.6) is 0 Å². The molecule has 0 saturated heterocycles. The fourth-order valence-electron chi connectivity index (χ4n) is 4.09. The minimum atomic E-state index is -1.37. The fourth-order valence-corrected chi connectivity index (χ4v) is 4.09. The van der Waals surface area contributed by atoms with E-state index in [1.165, 1.54) is 0 Å². The van der Waals surface area contributed by atoms with Crippen molar-refractivity contribution in [2.75, 3.05) is 0 Å². The van der Waals surface area contributed by atoms with Gasteiger partial charge < -0.3 is 14.9 Å². The van der Waals surface area contributed by atoms with Gasteiger partial charge in [-0.05, 0) is 18.1 Å². The van der Waals surface area contributed by atoms with E-state index in [1.54, 1.807) is 6.92 Å². The van der Waals surface area contributed by atoms with E-state index in [2.05, 4.69) is 10.2 Å². The van der Waals surface area contributed by atoms with Crippen molar-refractivity contribution in [2.45, 2.75) is 31.5 Å². The molecule has 0 radical (unpaired) electrons. The lowest BCUT2D eigenvalue weighted by atomic mass is 9.66. The Morgan fingerprint density at radius 3 is 2.43 bits per heavy atom. The second kappa shape index (κ2) is 7.13. The van der Waals surface area contributed by atoms with Crippen LogP contribution in [-0.2, 0) is 22.6 Å². The number of H-pyrrole nitrogens is 2. The molecule has 0 aliphatic heterocycles. The first kappa shape index (κ1) is 18.3. The molecule has 3 atom stereocenters. The molecule has 0 saturated carbocycles. The zero-order valence-electron chi connectivity index (χ0n) is 15.5. The van der Waals surface area contributed by atoms with Crippen molar-refractivity contribution in [3.63, 3.8) is 0 Å². The van der Waals surface area contributed by atoms with Crippen LogP contribution in [0.1, 0.15) is 35.2 Å². The predicted molar refractivity (Wildman–Crippen MR) is 104 cm³/mol. The van der Waals surface area contributed by atoms with Crippen LogP contribution in [0.4, 0.5) is 0 Å². The van der Waals surface area contributed by atoms with Crippen molar-refractivity contribution < 1.29 is 14.6 Å². The van der Waals surface area contributed by atoms with Crippen molar-refractivity contribution in [3.8, 4) is 0 Å². The summed E-state index contributed by atoms with van der Waals surface area (Å²) in [7, 11) is 0. The standard InChI is InChI=1S/C22H22N2O4/c1-22(27)12-16-18(20(25)24-23-16)17(15-10-6-3-7-11-15)19(22)21(26)28-13-14-8-4-2-5-9-14/h2-11,17,19,27H,12-13H2,1H3,(H2,23,24,25)/t17-,19+,22+/m1/s1. The SMILES string of the molecule is C[C@]1(O)Cc2[nH][nH]c(=O)c2[C@@H](c2ccccc2)[C@H]1C(=O)OCc1ccccc1. The van der Waals surface area contributed by atoms with Gasteiger partial charge in [0.1, 0.15) is 6.61 Å². The molecular weight excluding hydrogens is 356 g/mol. The lowest BCUT2D eigenvalue weighted by Gasteiger charge is -2.40. The molecule has 1 aliphatic carbocycles. The van der Waals surface area contributed by atoms with Crippen LogP contribution >= 0.6 is 0 Å². The topological polar surface area (TPSA) is 95.2 Å². The van der Waals surface area contributed by atoms with Crippen molar-refractivity contribution in [3.05, 3.63) is 93.4 Å². The molecule has 2 aromatic carbocycles. The Balaban J connectivity index is 1.73. The highest BCUT2D eigenvalue weighted by atomic mass is 16.5. The highest BCUT2D eigenvalue weighted by molar-refractivity contribution is 5.77. The van der Waals surface area contributed by atoms with Crippen molar-refractivity contribution >= 4 is 5.97 Å². The van der Waals surface area contributed by atoms with Crippen LogP contribution in [0.25, 0.3) is 0 Å². The van der Waals surface area contributed by atoms with E-state index >= 15 is 0 Å². The number of nitrogens with one attached hydrogen (secondary N) is 2. The maximum Gasteiger partial charge on any atom is 0.313 e. The Labute approximate surface area is 162 Å². The number of ether oxygens (including phenoxy) is 1. The Bertz CT molecular complexity index is 1020. The lowest BCUT2D eigenvalue weighted by molar-refractivity contribution is -0.161. The molecule has 1 aromatic heterocycles. The summed E-state index contributed by atoms with van der Waals surface area (Å²) in [5, 5.41) is 16.6. The van der Waals surface area contributed by atoms with E-state index in [9.17, 15) is 14.7 Å². The number of benzene rings is 2. The number of aromatic amines is 2. The average Bonchev–Trinajstić information content (AvgIpc) is 3.05. The molecule has 3 aromatic rings. The minimum absolute atomic E-state index is 0.115. The van der Waals surface area contributed by atoms with Crippen LogP contribution in [0.15, 0.2) is 65.5 Å². The summed E-state index contributed by atoms with van der Waals surface area (Å²) in [5.41, 5.74) is 1.11. The first-order valence-electron chi connectivity index (χ1n) is 9.24. The van der Waals surface area contributed by atoms with Crippen molar-refractivity contribution in [2.24, 2.45) is 5.92 Å². The molecule has 0 bridgehead atoms. The first-order chi connectivity index (χ1) is 13.5. The van der Waals surface area contributed by atoms with E-state index in [1.807, 2.05) is 60.7 Å². The number of rotatable bonds is 4. The Morgan fingerprint density at radius 2 is 1.75 bits per heavy atom. The summed E-state index contributed by atoms with van der Waals surface area (Å²) in [4.78, 5) is 25.6. The third-order valence-electron chi connectivity index (χ3n) is 5.38. The highest BCUT2D eigenvalue weighted by Gasteiger charge is 2.51. The van der Waals surface area contributed by atoms with Crippen molar-refractivity contribution in [1.82, 2.24) is 10.2 Å². The molecule has 0 unspecified atom stereocenters. The van der Waals surface area contributed by atoms with Gasteiger partial charge in [-0.15, -0.1) is 0 Å². The van der Waals surface area contributed by atoms with E-state index in [4.69, 9.17) is 4.74 Å². The first-order valence-corrected chi connectivity index (χ1v) is 9.24. The maximum absolute atomic E-state index is 13.1. The van der Waals surface area contributed by atoms with E-state index in [0.29, 0.717) is 11.3 Å². The number of hydrogen-bond donors (Lipinski definition) is 3. The largest absolute Gasteiger partial charge is 0.460 e. The summed E-state index contributed by atoms with van der Waals surface area (Å²) in [5.74, 6) is -2.02. The quantitative estimate of drug-likeness (QED) is 0.608. The predicted octanol–water partition coefficient (Wildman–Crippen LogP) is 2.50. The van der Waals surface area contributed by atoms with Crippen LogP contribution < -0.4 is 5.56 Å². The molecule has 1 aliphatic rings. The normalized spacial score (nSPS) is 23.8. The Morgan fingerprint density at radius 1 is 1.11 bits per heavy atom. The molecule has 0 fully saturated rings. The molecule has 144 valence electrons. The van der Waals surface area contributed by atoms with Crippen LogP contribution in [0.2, 0.25) is 0 Å². The number of esters is 1. The molecule has 4 rings (SSSR count). The van der Waals surface area contributed by atoms with Crippen LogP contribution in [-0.4, -0.2) is 26.9 Å². The van der Waals surface area contributed by atoms with Gasteiger partial charge >= 0.3 is 5.97 Å². The Hall–Kier alpha value is -3.12. The third-order valence-corrected chi connectivity index (χ3v) is 5.38. The zero-order valence-corrected chi connectivity index (χ0v) is 15.5. The highest BCUT2D eigenvalue weighted by Crippen LogP contribution is 2.44. The van der Waals surface area contributed by atoms with Gasteiger partial charge in [-0.25, -0.2) is 0 Å². The van der Waals surface area contributed by atoms with Crippen LogP contribution in [0, 0.1) is 5.92 Å². The van der Waals surface area contributed by atoms with Crippen LogP contribution in [0.3, 0.4) is 0 Å². The molecule has 0 amide bonds. The zero-order chi connectivity index (χ0) is 19.7. The fraction of sp³-hybridized carbons (Fsp3) is 0.273. The number of carbonyl (C=O) groups is 1. The maximum atomic E-state index is 13.1. The second-order valence-corrected chi connectivity index (χ2v) is 7.46. The van der Waals surface area contributed by atoms with Gasteiger partial charge in [0.25, 0.3) is 5.56 Å². The Kier molecular flexibility index (Phi) is 4.65. The van der Waals surface area contributed by atoms with E-state index in [-0.39, 0.29) is 18.6 Å². The van der Waals surface area contributed by atoms with Crippen molar-refractivity contribution in [1.29, 1.82) is 0 Å². The smallest absolute Gasteiger partial charge is 0.313 e. The lowest BCUT2D eigenvalue weighted by Crippen LogP contribution is -2.50. The summed E-state index contributed by atoms with van der Waals surface area (Å²) >= 11 is 0. The summed E-state index contributed by atoms with van der Waals surface area (Å²) in [6.45, 7) is 1.73. The van der Waals surface area contributed by atoms with Gasteiger partial charge in [-0.3, -0.25) is 14.7 Å². The van der Waals surface area contributed by atoms with Gasteiger partial charge in [-0.2, -0.15) is 0 Å². The summed E-state index contributed by atoms with van der Waals surface area (Å²) < 4.78 is 5.56. The monoisotopic (exact) mass is 378 g/mol. The number of hydrogen-bond acceptors (Lipinski definition) is 4. The molecule has 3 N–H and O–H groups in total. The minimum Gasteiger partial charge on any atom is -0.460 e. The van der Waals surface area contributed by atoms with Gasteiger partial charge in [0.2, 0.25) is 0 Å². The molecule has 1 heterocycles. The molecular formula is C22H22N2O4. The van der Waals surface area contributed by atoms with Gasteiger partial charge in [-0.1, -0.05) is 60.7 Å². The molecule has 6 heteroatoms. The number of carbonyl (C=O) groups excluding carboxylic acids is 1. The third kappa shape index (κ3) is 3.27. The van der Waals surface area contributed by atoms with Gasteiger partial charge in [0.15, 0.2) is 0 Å². The summed E-state index contributed by atoms with van der Waals surface area (Å²) in [6.07, 6.45) is 0.162. The van der Waals surface area contributed by atoms with E-state index in [0.717, 1.165) is 11.1 Å². The molecule has 6 nitrogen and oxygen atoms in total. The molecule has 28 heavy (non-hydrogen) atoms. The second-order valence-electron chi connectivity index (χ2n) is 7.46. The number of aliphatic hydroxyl groups is 1. The average molecular weight is 378 g/mol. The van der Waals surface area contributed by atoms with E-state index < -0.39 is 23.4 Å². The number of aromatic nitrogens is 2. The summed E-state index contributed by atoms with van der Waals surface area (Å²) in [6, 6.07) is 18.7. The van der Waals surface area contributed by atoms with Gasteiger partial charge in [0, 0.05) is 23.6 Å². The molecule has 0 spiro atoms. The van der Waals surface area contributed by atoms with Gasteiger partial charge in [0.05, 0.1) is 11.5 Å². The number of fused-ring (bicyclic) bond motifs is 1.